The number of rotatable bonds is 7. The van der Waals surface area contributed by atoms with Crippen molar-refractivity contribution in [1.82, 2.24) is 10.2 Å². The van der Waals surface area contributed by atoms with E-state index in [2.05, 4.69) is 20.5 Å². The van der Waals surface area contributed by atoms with E-state index in [1.54, 1.807) is 25.2 Å². The number of aliphatic imine (C=N–C) groups is 1. The molecule has 1 aromatic carbocycles. The Morgan fingerprint density at radius 1 is 1.41 bits per heavy atom. The highest BCUT2D eigenvalue weighted by molar-refractivity contribution is 5.81. The number of esters is 1. The normalized spacial score (nSPS) is 17.3. The van der Waals surface area contributed by atoms with Gasteiger partial charge in [-0.25, -0.2) is 0 Å². The highest BCUT2D eigenvalue weighted by atomic mass is 16.6. The van der Waals surface area contributed by atoms with Crippen molar-refractivity contribution in [3.05, 3.63) is 34.4 Å². The molecule has 27 heavy (non-hydrogen) atoms. The van der Waals surface area contributed by atoms with Crippen LogP contribution in [0.5, 0.6) is 0 Å². The number of nitro benzene ring substituents is 1. The first-order valence-electron chi connectivity index (χ1n) is 9.16. The molecular weight excluding hydrogens is 350 g/mol. The van der Waals surface area contributed by atoms with Gasteiger partial charge in [0.2, 0.25) is 0 Å². The predicted molar refractivity (Wildman–Crippen MR) is 104 cm³/mol. The number of benzene rings is 1. The fourth-order valence-electron chi connectivity index (χ4n) is 3.11. The maximum absolute atomic E-state index is 12.0. The van der Waals surface area contributed by atoms with Gasteiger partial charge in [0.25, 0.3) is 5.69 Å². The number of anilines is 1. The molecule has 1 heterocycles. The van der Waals surface area contributed by atoms with Crippen LogP contribution in [-0.2, 0) is 9.53 Å². The molecule has 1 unspecified atom stereocenters. The van der Waals surface area contributed by atoms with Gasteiger partial charge in [0, 0.05) is 39.3 Å². The van der Waals surface area contributed by atoms with Crippen LogP contribution in [0.4, 0.5) is 11.4 Å². The number of piperidine rings is 1. The van der Waals surface area contributed by atoms with E-state index < -0.39 is 4.92 Å². The van der Waals surface area contributed by atoms with E-state index in [0.29, 0.717) is 37.9 Å². The molecule has 148 valence electrons. The summed E-state index contributed by atoms with van der Waals surface area (Å²) in [6.07, 6.45) is 1.73. The molecule has 0 radical (unpaired) electrons. The number of hydrogen-bond acceptors (Lipinski definition) is 6. The summed E-state index contributed by atoms with van der Waals surface area (Å²) in [5.74, 6) is 0.423. The Morgan fingerprint density at radius 3 is 2.89 bits per heavy atom. The highest BCUT2D eigenvalue weighted by Gasteiger charge is 2.28. The Kier molecular flexibility index (Phi) is 7.84. The zero-order valence-electron chi connectivity index (χ0n) is 15.8. The maximum atomic E-state index is 12.0. The Labute approximate surface area is 158 Å². The molecule has 9 nitrogen and oxygen atoms in total. The van der Waals surface area contributed by atoms with E-state index in [1.165, 1.54) is 6.07 Å². The van der Waals surface area contributed by atoms with Crippen molar-refractivity contribution >= 4 is 23.3 Å². The highest BCUT2D eigenvalue weighted by Crippen LogP contribution is 2.22. The van der Waals surface area contributed by atoms with Crippen LogP contribution < -0.4 is 10.6 Å². The maximum Gasteiger partial charge on any atom is 0.310 e. The number of para-hydroxylation sites is 2. The van der Waals surface area contributed by atoms with Crippen molar-refractivity contribution in [2.75, 3.05) is 45.2 Å². The van der Waals surface area contributed by atoms with Crippen LogP contribution in [0, 0.1) is 16.0 Å². The summed E-state index contributed by atoms with van der Waals surface area (Å²) in [7, 11) is 1.70. The van der Waals surface area contributed by atoms with Crippen molar-refractivity contribution < 1.29 is 14.5 Å². The Bertz CT molecular complexity index is 679. The van der Waals surface area contributed by atoms with Crippen LogP contribution in [0.15, 0.2) is 29.3 Å². The SMILES string of the molecule is CCOC(=O)C1CCCN(C(=NC)NCCNc2ccccc2[N+](=O)[O-])C1. The number of likely N-dealkylation sites (tertiary alicyclic amines) is 1. The molecule has 1 aliphatic heterocycles. The number of carbonyl (C=O) groups excluding carboxylic acids is 1. The van der Waals surface area contributed by atoms with Crippen LogP contribution >= 0.6 is 0 Å². The minimum Gasteiger partial charge on any atom is -0.466 e. The fraction of sp³-hybridized carbons (Fsp3) is 0.556. The molecule has 0 amide bonds. The molecule has 1 atom stereocenters. The van der Waals surface area contributed by atoms with E-state index in [0.717, 1.165) is 19.4 Å². The molecule has 0 spiro atoms. The minimum absolute atomic E-state index is 0.0511. The van der Waals surface area contributed by atoms with Gasteiger partial charge in [-0.05, 0) is 25.8 Å². The summed E-state index contributed by atoms with van der Waals surface area (Å²) in [6, 6.07) is 6.55. The second-order valence-corrected chi connectivity index (χ2v) is 6.21. The van der Waals surface area contributed by atoms with Gasteiger partial charge in [-0.3, -0.25) is 19.9 Å². The van der Waals surface area contributed by atoms with Crippen LogP contribution in [0.1, 0.15) is 19.8 Å². The van der Waals surface area contributed by atoms with Crippen molar-refractivity contribution in [1.29, 1.82) is 0 Å². The third-order valence-electron chi connectivity index (χ3n) is 4.38. The number of ether oxygens (including phenoxy) is 1. The molecule has 9 heteroatoms. The van der Waals surface area contributed by atoms with Crippen LogP contribution in [0.2, 0.25) is 0 Å². The summed E-state index contributed by atoms with van der Waals surface area (Å²) in [6.45, 7) is 4.64. The second-order valence-electron chi connectivity index (χ2n) is 6.21. The fourth-order valence-corrected chi connectivity index (χ4v) is 3.11. The molecule has 0 aliphatic carbocycles. The van der Waals surface area contributed by atoms with E-state index in [-0.39, 0.29) is 17.6 Å². The summed E-state index contributed by atoms with van der Waals surface area (Å²) in [4.78, 5) is 29.0. The third-order valence-corrected chi connectivity index (χ3v) is 4.38. The minimum atomic E-state index is -0.405. The molecular formula is C18H27N5O4. The van der Waals surface area contributed by atoms with Crippen molar-refractivity contribution in [3.8, 4) is 0 Å². The van der Waals surface area contributed by atoms with Crippen LogP contribution in [-0.4, -0.2) is 61.6 Å². The first kappa shape index (κ1) is 20.5. The lowest BCUT2D eigenvalue weighted by molar-refractivity contribution is -0.384. The molecule has 1 fully saturated rings. The van der Waals surface area contributed by atoms with Crippen molar-refractivity contribution in [2.24, 2.45) is 10.9 Å². The monoisotopic (exact) mass is 377 g/mol. The van der Waals surface area contributed by atoms with Gasteiger partial charge >= 0.3 is 5.97 Å². The number of nitro groups is 1. The molecule has 1 saturated heterocycles. The number of carbonyl (C=O) groups is 1. The molecule has 0 aromatic heterocycles. The van der Waals surface area contributed by atoms with Gasteiger partial charge in [0.15, 0.2) is 5.96 Å². The smallest absolute Gasteiger partial charge is 0.310 e. The zero-order valence-corrected chi connectivity index (χ0v) is 15.8. The van der Waals surface area contributed by atoms with E-state index >= 15 is 0 Å². The lowest BCUT2D eigenvalue weighted by Crippen LogP contribution is -2.49. The van der Waals surface area contributed by atoms with Gasteiger partial charge in [0.1, 0.15) is 5.69 Å². The summed E-state index contributed by atoms with van der Waals surface area (Å²) < 4.78 is 5.13. The summed E-state index contributed by atoms with van der Waals surface area (Å²) in [5, 5.41) is 17.3. The van der Waals surface area contributed by atoms with E-state index in [1.807, 2.05) is 6.92 Å². The standard InChI is InChI=1S/C18H27N5O4/c1-3-27-17(24)14-7-6-12-22(13-14)18(19-2)21-11-10-20-15-8-4-5-9-16(15)23(25)26/h4-5,8-9,14,20H,3,6-7,10-13H2,1-2H3,(H,19,21). The molecule has 2 rings (SSSR count). The van der Waals surface area contributed by atoms with Gasteiger partial charge < -0.3 is 20.3 Å². The summed E-state index contributed by atoms with van der Waals surface area (Å²) >= 11 is 0. The van der Waals surface area contributed by atoms with Crippen LogP contribution in [0.3, 0.4) is 0 Å². The van der Waals surface area contributed by atoms with E-state index in [9.17, 15) is 14.9 Å². The Morgan fingerprint density at radius 2 is 2.19 bits per heavy atom. The second kappa shape index (κ2) is 10.3. The average Bonchev–Trinajstić information content (AvgIpc) is 2.68. The number of hydrogen-bond donors (Lipinski definition) is 2. The number of nitrogens with zero attached hydrogens (tertiary/aromatic N) is 3. The van der Waals surface area contributed by atoms with Gasteiger partial charge in [-0.2, -0.15) is 0 Å². The quantitative estimate of drug-likeness (QED) is 0.186. The molecule has 2 N–H and O–H groups in total. The third kappa shape index (κ3) is 5.83. The number of guanidine groups is 1. The predicted octanol–water partition coefficient (Wildman–Crippen LogP) is 1.86. The van der Waals surface area contributed by atoms with Gasteiger partial charge in [0.05, 0.1) is 17.4 Å². The topological polar surface area (TPSA) is 109 Å². The van der Waals surface area contributed by atoms with E-state index in [4.69, 9.17) is 4.74 Å². The van der Waals surface area contributed by atoms with Crippen LogP contribution in [0.25, 0.3) is 0 Å². The zero-order chi connectivity index (χ0) is 19.6. The van der Waals surface area contributed by atoms with Crippen molar-refractivity contribution in [2.45, 2.75) is 19.8 Å². The van der Waals surface area contributed by atoms with Gasteiger partial charge in [-0.1, -0.05) is 12.1 Å². The number of nitrogens with one attached hydrogen (secondary N) is 2. The molecule has 1 aliphatic rings. The van der Waals surface area contributed by atoms with Gasteiger partial charge in [-0.15, -0.1) is 0 Å². The largest absolute Gasteiger partial charge is 0.466 e. The molecule has 0 bridgehead atoms. The molecule has 0 saturated carbocycles. The van der Waals surface area contributed by atoms with Crippen molar-refractivity contribution in [3.63, 3.8) is 0 Å². The first-order chi connectivity index (χ1) is 13.1. The first-order valence-corrected chi connectivity index (χ1v) is 9.16. The Hall–Kier alpha value is -2.84. The molecule has 1 aromatic rings. The Balaban J connectivity index is 1.84. The lowest BCUT2D eigenvalue weighted by Gasteiger charge is -2.34. The summed E-state index contributed by atoms with van der Waals surface area (Å²) in [5.41, 5.74) is 0.537. The average molecular weight is 377 g/mol. The lowest BCUT2D eigenvalue weighted by atomic mass is 9.98.